The lowest BCUT2D eigenvalue weighted by molar-refractivity contribution is 0.503. The maximum absolute atomic E-state index is 5.73. The number of hydrogen-bond donors (Lipinski definition) is 2. The van der Waals surface area contributed by atoms with Gasteiger partial charge in [-0.1, -0.05) is 50.6 Å². The van der Waals surface area contributed by atoms with E-state index in [4.69, 9.17) is 10.8 Å². The third-order valence-electron chi connectivity index (χ3n) is 3.27. The Kier molecular flexibility index (Phi) is 5.55. The van der Waals surface area contributed by atoms with Gasteiger partial charge in [-0.25, -0.2) is 5.84 Å². The second-order valence-electron chi connectivity index (χ2n) is 6.09. The van der Waals surface area contributed by atoms with Crippen LogP contribution in [0.5, 0.6) is 0 Å². The van der Waals surface area contributed by atoms with Crippen molar-refractivity contribution in [3.63, 3.8) is 0 Å². The van der Waals surface area contributed by atoms with Gasteiger partial charge in [0.25, 0.3) is 0 Å². The molecule has 1 aromatic carbocycles. The number of nitrogens with one attached hydrogen (secondary N) is 1. The van der Waals surface area contributed by atoms with Crippen molar-refractivity contribution in [2.45, 2.75) is 52.5 Å². The van der Waals surface area contributed by atoms with Crippen molar-refractivity contribution in [1.29, 1.82) is 0 Å². The van der Waals surface area contributed by atoms with Crippen molar-refractivity contribution in [2.75, 3.05) is 0 Å². The predicted molar refractivity (Wildman–Crippen MR) is 83.1 cm³/mol. The predicted octanol–water partition coefficient (Wildman–Crippen LogP) is 3.48. The molecule has 3 N–H and O–H groups in total. The fourth-order valence-corrected chi connectivity index (χ4v) is 2.20. The Balaban J connectivity index is 3.20. The van der Waals surface area contributed by atoms with Crippen LogP contribution < -0.4 is 11.3 Å². The van der Waals surface area contributed by atoms with Gasteiger partial charge in [0.05, 0.1) is 5.54 Å². The van der Waals surface area contributed by atoms with Gasteiger partial charge in [0.2, 0.25) is 0 Å². The van der Waals surface area contributed by atoms with Crippen LogP contribution >= 0.6 is 0 Å². The maximum atomic E-state index is 5.73. The molecule has 0 aliphatic rings. The lowest BCUT2D eigenvalue weighted by Crippen LogP contribution is -2.39. The molecule has 0 aliphatic heterocycles. The van der Waals surface area contributed by atoms with Gasteiger partial charge in [-0.15, -0.1) is 0 Å². The number of benzene rings is 1. The van der Waals surface area contributed by atoms with Crippen molar-refractivity contribution in [1.82, 2.24) is 5.43 Å². The molecule has 0 saturated heterocycles. The fourth-order valence-electron chi connectivity index (χ4n) is 2.20. The van der Waals surface area contributed by atoms with Gasteiger partial charge >= 0.3 is 0 Å². The Morgan fingerprint density at radius 3 is 2.26 bits per heavy atom. The number of nitrogens with zero attached hydrogens (tertiary/aromatic N) is 1. The van der Waals surface area contributed by atoms with Crippen LogP contribution in [0.15, 0.2) is 35.3 Å². The molecule has 0 heterocycles. The molecule has 3 nitrogen and oxygen atoms in total. The van der Waals surface area contributed by atoms with Crippen LogP contribution in [0.4, 0.5) is 0 Å². The standard InChI is InChI=1S/C16H27N3/c1-6-12(2)14(13-10-8-7-9-11-13)15(19-17)18-16(3,4)5/h7-12,14H,6,17H2,1-5H3,(H,18,19). The fraction of sp³-hybridized carbons (Fsp3) is 0.562. The Labute approximate surface area is 117 Å². The Morgan fingerprint density at radius 1 is 1.26 bits per heavy atom. The summed E-state index contributed by atoms with van der Waals surface area (Å²) < 4.78 is 0. The topological polar surface area (TPSA) is 50.4 Å². The lowest BCUT2D eigenvalue weighted by Gasteiger charge is -2.27. The summed E-state index contributed by atoms with van der Waals surface area (Å²) in [5.41, 5.74) is 3.95. The second-order valence-corrected chi connectivity index (χ2v) is 6.09. The number of nitrogens with two attached hydrogens (primary N) is 1. The number of aliphatic imine (C=N–C) groups is 1. The van der Waals surface area contributed by atoms with E-state index in [2.05, 4.69) is 64.3 Å². The van der Waals surface area contributed by atoms with Crippen LogP contribution in [0.2, 0.25) is 0 Å². The average molecular weight is 261 g/mol. The van der Waals surface area contributed by atoms with E-state index in [0.717, 1.165) is 12.3 Å². The summed E-state index contributed by atoms with van der Waals surface area (Å²) in [4.78, 5) is 4.75. The van der Waals surface area contributed by atoms with Gasteiger partial charge in [-0.3, -0.25) is 4.99 Å². The summed E-state index contributed by atoms with van der Waals surface area (Å²) in [6.07, 6.45) is 1.09. The quantitative estimate of drug-likeness (QED) is 0.377. The van der Waals surface area contributed by atoms with Crippen LogP contribution in [0, 0.1) is 5.92 Å². The molecule has 2 atom stereocenters. The summed E-state index contributed by atoms with van der Waals surface area (Å²) in [5, 5.41) is 0. The molecule has 2 unspecified atom stereocenters. The largest absolute Gasteiger partial charge is 0.312 e. The smallest absolute Gasteiger partial charge is 0.119 e. The van der Waals surface area contributed by atoms with E-state index in [1.165, 1.54) is 5.56 Å². The normalized spacial score (nSPS) is 16.0. The first-order valence-electron chi connectivity index (χ1n) is 7.00. The van der Waals surface area contributed by atoms with Crippen molar-refractivity contribution < 1.29 is 0 Å². The van der Waals surface area contributed by atoms with Gasteiger partial charge in [-0.2, -0.15) is 0 Å². The van der Waals surface area contributed by atoms with Gasteiger partial charge in [0.15, 0.2) is 0 Å². The van der Waals surface area contributed by atoms with Crippen LogP contribution in [-0.2, 0) is 0 Å². The highest BCUT2D eigenvalue weighted by Gasteiger charge is 2.25. The maximum Gasteiger partial charge on any atom is 0.119 e. The average Bonchev–Trinajstić information content (AvgIpc) is 2.37. The molecule has 0 fully saturated rings. The highest BCUT2D eigenvalue weighted by Crippen LogP contribution is 2.28. The first-order chi connectivity index (χ1) is 8.89. The van der Waals surface area contributed by atoms with Crippen LogP contribution in [0.1, 0.15) is 52.5 Å². The minimum atomic E-state index is -0.137. The van der Waals surface area contributed by atoms with E-state index >= 15 is 0 Å². The molecule has 1 rings (SSSR count). The molecule has 1 aromatic rings. The Morgan fingerprint density at radius 2 is 1.84 bits per heavy atom. The highest BCUT2D eigenvalue weighted by molar-refractivity contribution is 5.89. The highest BCUT2D eigenvalue weighted by atomic mass is 15.3. The zero-order valence-electron chi connectivity index (χ0n) is 12.8. The van der Waals surface area contributed by atoms with E-state index in [0.29, 0.717) is 5.92 Å². The number of amidine groups is 1. The van der Waals surface area contributed by atoms with Crippen molar-refractivity contribution >= 4 is 5.84 Å². The zero-order chi connectivity index (χ0) is 14.5. The monoisotopic (exact) mass is 261 g/mol. The van der Waals surface area contributed by atoms with Gasteiger partial charge in [0.1, 0.15) is 5.84 Å². The molecule has 3 heteroatoms. The lowest BCUT2D eigenvalue weighted by atomic mass is 9.84. The SMILES string of the molecule is CCC(C)C(C(=NC(C)(C)C)NN)c1ccccc1. The van der Waals surface area contributed by atoms with Gasteiger partial charge < -0.3 is 5.43 Å². The van der Waals surface area contributed by atoms with E-state index in [1.807, 2.05) is 6.07 Å². The van der Waals surface area contributed by atoms with Crippen LogP contribution in [0.3, 0.4) is 0 Å². The van der Waals surface area contributed by atoms with Gasteiger partial charge in [0, 0.05) is 5.92 Å². The zero-order valence-corrected chi connectivity index (χ0v) is 12.8. The minimum Gasteiger partial charge on any atom is -0.312 e. The third-order valence-corrected chi connectivity index (χ3v) is 3.27. The summed E-state index contributed by atoms with van der Waals surface area (Å²) >= 11 is 0. The molecule has 106 valence electrons. The third kappa shape index (κ3) is 4.67. The van der Waals surface area contributed by atoms with Crippen LogP contribution in [0.25, 0.3) is 0 Å². The van der Waals surface area contributed by atoms with Crippen molar-refractivity contribution in [2.24, 2.45) is 16.8 Å². The van der Waals surface area contributed by atoms with E-state index in [9.17, 15) is 0 Å². The van der Waals surface area contributed by atoms with Crippen molar-refractivity contribution in [3.05, 3.63) is 35.9 Å². The van der Waals surface area contributed by atoms with E-state index < -0.39 is 0 Å². The summed E-state index contributed by atoms with van der Waals surface area (Å²) in [6, 6.07) is 10.5. The minimum absolute atomic E-state index is 0.137. The molecule has 19 heavy (non-hydrogen) atoms. The summed E-state index contributed by atoms with van der Waals surface area (Å²) in [6.45, 7) is 10.7. The molecule has 0 saturated carbocycles. The molecular formula is C16H27N3. The molecule has 0 aliphatic carbocycles. The summed E-state index contributed by atoms with van der Waals surface area (Å²) in [5.74, 6) is 7.30. The number of rotatable bonds is 4. The second kappa shape index (κ2) is 6.71. The van der Waals surface area contributed by atoms with Crippen LogP contribution in [-0.4, -0.2) is 11.4 Å². The first kappa shape index (κ1) is 15.7. The summed E-state index contributed by atoms with van der Waals surface area (Å²) in [7, 11) is 0. The molecule has 0 bridgehead atoms. The molecule has 0 aromatic heterocycles. The van der Waals surface area contributed by atoms with E-state index in [1.54, 1.807) is 0 Å². The van der Waals surface area contributed by atoms with Crippen molar-refractivity contribution in [3.8, 4) is 0 Å². The Hall–Kier alpha value is -1.35. The molecule has 0 amide bonds. The molecular weight excluding hydrogens is 234 g/mol. The molecule has 0 spiro atoms. The van der Waals surface area contributed by atoms with Gasteiger partial charge in [-0.05, 0) is 32.3 Å². The van der Waals surface area contributed by atoms with E-state index in [-0.39, 0.29) is 11.5 Å². The first-order valence-corrected chi connectivity index (χ1v) is 7.00. The Bertz CT molecular complexity index is 404. The molecule has 0 radical (unpaired) electrons. The number of hydrazine groups is 1. The number of hydrogen-bond acceptors (Lipinski definition) is 2.